The number of nitrogens with zero attached hydrogens (tertiary/aromatic N) is 2. The Morgan fingerprint density at radius 2 is 2.11 bits per heavy atom. The molecule has 1 heterocycles. The van der Waals surface area contributed by atoms with Crippen LogP contribution in [0.1, 0.15) is 49.4 Å². The molecule has 0 aromatic carbocycles. The van der Waals surface area contributed by atoms with E-state index < -0.39 is 17.1 Å². The normalized spacial score (nSPS) is 15.3. The van der Waals surface area contributed by atoms with E-state index in [1.807, 2.05) is 6.92 Å². The van der Waals surface area contributed by atoms with E-state index >= 15 is 0 Å². The van der Waals surface area contributed by atoms with Gasteiger partial charge in [0.2, 0.25) is 0 Å². The van der Waals surface area contributed by atoms with Crippen molar-refractivity contribution < 1.29 is 28.8 Å². The Bertz CT molecular complexity index is 678. The summed E-state index contributed by atoms with van der Waals surface area (Å²) in [6.07, 6.45) is 8.63. The molecule has 1 fully saturated rings. The highest BCUT2D eigenvalue weighted by atomic mass is 16.9. The fourth-order valence-electron chi connectivity index (χ4n) is 3.24. The van der Waals surface area contributed by atoms with Crippen LogP contribution in [-0.2, 0) is 16.3 Å². The van der Waals surface area contributed by atoms with E-state index in [-0.39, 0.29) is 25.9 Å². The van der Waals surface area contributed by atoms with Gasteiger partial charge in [0.1, 0.15) is 12.2 Å². The topological polar surface area (TPSA) is 124 Å². The van der Waals surface area contributed by atoms with Gasteiger partial charge in [-0.25, -0.2) is 4.79 Å². The zero-order chi connectivity index (χ0) is 20.4. The zero-order valence-electron chi connectivity index (χ0n) is 16.0. The van der Waals surface area contributed by atoms with Crippen LogP contribution in [0.15, 0.2) is 24.5 Å². The minimum Gasteiger partial charge on any atom is -0.388 e. The lowest BCUT2D eigenvalue weighted by molar-refractivity contribution is -0.757. The summed E-state index contributed by atoms with van der Waals surface area (Å²) in [5.74, 6) is 0.0805. The van der Waals surface area contributed by atoms with Crippen LogP contribution in [0.25, 0.3) is 0 Å². The maximum atomic E-state index is 12.0. The molecule has 1 aromatic rings. The summed E-state index contributed by atoms with van der Waals surface area (Å²) in [5.41, 5.74) is 0.336. The number of pyridine rings is 1. The molecular weight excluding hydrogens is 368 g/mol. The van der Waals surface area contributed by atoms with Crippen LogP contribution in [0.2, 0.25) is 0 Å². The van der Waals surface area contributed by atoms with Crippen molar-refractivity contribution in [1.82, 2.24) is 10.6 Å². The number of aromatic nitrogens is 1. The monoisotopic (exact) mass is 395 g/mol. The molecule has 1 atom stereocenters. The minimum atomic E-state index is -0.917. The quantitative estimate of drug-likeness (QED) is 0.283. The van der Waals surface area contributed by atoms with Gasteiger partial charge in [-0.1, -0.05) is 19.3 Å². The first-order valence-electron chi connectivity index (χ1n) is 9.43. The Hall–Kier alpha value is -2.91. The number of ether oxygens (including phenoxy) is 1. The van der Waals surface area contributed by atoms with Crippen LogP contribution >= 0.6 is 0 Å². The van der Waals surface area contributed by atoms with Crippen LogP contribution in [0, 0.1) is 16.0 Å². The van der Waals surface area contributed by atoms with Crippen molar-refractivity contribution in [2.24, 2.45) is 5.92 Å². The first-order valence-corrected chi connectivity index (χ1v) is 9.43. The van der Waals surface area contributed by atoms with Gasteiger partial charge in [-0.2, -0.15) is 4.57 Å². The second-order valence-electron chi connectivity index (χ2n) is 6.81. The lowest BCUT2D eigenvalue weighted by Gasteiger charge is -2.27. The highest BCUT2D eigenvalue weighted by molar-refractivity contribution is 5.93. The van der Waals surface area contributed by atoms with E-state index in [1.54, 1.807) is 22.9 Å². The van der Waals surface area contributed by atoms with Crippen molar-refractivity contribution in [3.63, 3.8) is 0 Å². The summed E-state index contributed by atoms with van der Waals surface area (Å²) < 4.78 is 6.80. The number of nitrogens with one attached hydrogen (secondary N) is 2. The number of rotatable bonds is 9. The average molecular weight is 395 g/mol. The van der Waals surface area contributed by atoms with Crippen molar-refractivity contribution in [1.29, 1.82) is 0 Å². The van der Waals surface area contributed by atoms with Crippen molar-refractivity contribution in [2.45, 2.75) is 51.8 Å². The third-order valence-corrected chi connectivity index (χ3v) is 4.75. The van der Waals surface area contributed by atoms with Crippen molar-refractivity contribution in [2.75, 3.05) is 13.2 Å². The molecule has 2 N–H and O–H groups in total. The van der Waals surface area contributed by atoms with Gasteiger partial charge in [0, 0.05) is 18.7 Å². The molecule has 0 spiro atoms. The number of carbonyl (C=O) groups excluding carboxylic acids is 2. The molecule has 1 aliphatic carbocycles. The fourth-order valence-corrected chi connectivity index (χ4v) is 3.24. The third-order valence-electron chi connectivity index (χ3n) is 4.75. The molecule has 0 saturated heterocycles. The van der Waals surface area contributed by atoms with Crippen LogP contribution in [0.5, 0.6) is 0 Å². The van der Waals surface area contributed by atoms with Crippen molar-refractivity contribution >= 4 is 12.0 Å². The molecule has 2 amide bonds. The van der Waals surface area contributed by atoms with Gasteiger partial charge >= 0.3 is 6.09 Å². The third kappa shape index (κ3) is 7.37. The Balaban J connectivity index is 1.76. The average Bonchev–Trinajstić information content (AvgIpc) is 2.70. The van der Waals surface area contributed by atoms with Gasteiger partial charge in [0.05, 0.1) is 0 Å². The summed E-state index contributed by atoms with van der Waals surface area (Å²) in [6, 6.07) is 3.30. The van der Waals surface area contributed by atoms with Crippen molar-refractivity contribution in [3.8, 4) is 0 Å². The second-order valence-corrected chi connectivity index (χ2v) is 6.81. The number of hydrogen-bond donors (Lipinski definition) is 2. The van der Waals surface area contributed by atoms with E-state index in [9.17, 15) is 19.7 Å². The molecule has 10 heteroatoms. The molecule has 0 aliphatic heterocycles. The van der Waals surface area contributed by atoms with Gasteiger partial charge in [-0.15, -0.1) is 10.1 Å². The number of amides is 2. The Labute approximate surface area is 163 Å². The predicted molar refractivity (Wildman–Crippen MR) is 97.6 cm³/mol. The highest BCUT2D eigenvalue weighted by Crippen LogP contribution is 2.26. The molecule has 1 aliphatic rings. The van der Waals surface area contributed by atoms with Gasteiger partial charge in [-0.3, -0.25) is 4.79 Å². The van der Waals surface area contributed by atoms with E-state index in [2.05, 4.69) is 15.5 Å². The molecule has 1 saturated carbocycles. The standard InChI is InChI=1S/C18H26N4O6/c1-14(15-6-3-2-4-7-15)20-18(24)27-13-21-10-5-8-16(12-21)17(23)19-9-11-28-22(25)26/h5,8,10,12,14-15H,2-4,6-7,9,11,13H2,1H3,(H-,19,20,23,24)/p+1/t14-/m1/s1. The second kappa shape index (κ2) is 11.1. The van der Waals surface area contributed by atoms with Crippen LogP contribution in [0.3, 0.4) is 0 Å². The maximum absolute atomic E-state index is 12.0. The lowest BCUT2D eigenvalue weighted by atomic mass is 9.85. The summed E-state index contributed by atoms with van der Waals surface area (Å²) >= 11 is 0. The van der Waals surface area contributed by atoms with E-state index in [1.165, 1.54) is 25.5 Å². The molecule has 0 unspecified atom stereocenters. The molecular formula is C18H27N4O6+. The molecule has 0 bridgehead atoms. The van der Waals surface area contributed by atoms with E-state index in [4.69, 9.17) is 4.74 Å². The van der Waals surface area contributed by atoms with Crippen LogP contribution in [0.4, 0.5) is 4.79 Å². The Morgan fingerprint density at radius 1 is 1.36 bits per heavy atom. The summed E-state index contributed by atoms with van der Waals surface area (Å²) in [5, 5.41) is 14.5. The van der Waals surface area contributed by atoms with E-state index in [0.717, 1.165) is 12.8 Å². The maximum Gasteiger partial charge on any atom is 0.412 e. The van der Waals surface area contributed by atoms with Gasteiger partial charge < -0.3 is 20.2 Å². The van der Waals surface area contributed by atoms with Crippen LogP contribution < -0.4 is 15.2 Å². The van der Waals surface area contributed by atoms with Gasteiger partial charge in [0.15, 0.2) is 12.4 Å². The summed E-state index contributed by atoms with van der Waals surface area (Å²) in [4.78, 5) is 38.2. The number of hydrogen-bond acceptors (Lipinski definition) is 6. The summed E-state index contributed by atoms with van der Waals surface area (Å²) in [7, 11) is 0. The van der Waals surface area contributed by atoms with Crippen molar-refractivity contribution in [3.05, 3.63) is 40.2 Å². The lowest BCUT2D eigenvalue weighted by Crippen LogP contribution is -2.43. The number of alkyl carbamates (subject to hydrolysis) is 1. The first kappa shape index (κ1) is 21.4. The Morgan fingerprint density at radius 3 is 2.82 bits per heavy atom. The first-order chi connectivity index (χ1) is 13.5. The van der Waals surface area contributed by atoms with Gasteiger partial charge in [0.25, 0.3) is 17.7 Å². The summed E-state index contributed by atoms with van der Waals surface area (Å²) in [6.45, 7) is 1.74. The molecule has 10 nitrogen and oxygen atoms in total. The smallest absolute Gasteiger partial charge is 0.388 e. The molecule has 2 rings (SSSR count). The highest BCUT2D eigenvalue weighted by Gasteiger charge is 2.22. The van der Waals surface area contributed by atoms with Crippen LogP contribution in [-0.4, -0.2) is 36.3 Å². The SMILES string of the molecule is C[C@@H](NC(=O)OC[n+]1cccc(C(=O)NCCO[N+](=O)[O-])c1)C1CCCCC1. The molecule has 1 aromatic heterocycles. The van der Waals surface area contributed by atoms with Gasteiger partial charge in [-0.05, 0) is 31.7 Å². The largest absolute Gasteiger partial charge is 0.412 e. The predicted octanol–water partition coefficient (Wildman–Crippen LogP) is 1.56. The molecule has 154 valence electrons. The minimum absolute atomic E-state index is 0.00662. The Kier molecular flexibility index (Phi) is 8.44. The number of carbonyl (C=O) groups is 2. The molecule has 28 heavy (non-hydrogen) atoms. The zero-order valence-corrected chi connectivity index (χ0v) is 16.0. The fraction of sp³-hybridized carbons (Fsp3) is 0.611. The molecule has 0 radical (unpaired) electrons. The van der Waals surface area contributed by atoms with E-state index in [0.29, 0.717) is 11.5 Å².